The molecule has 3 aromatic rings. The van der Waals surface area contributed by atoms with Gasteiger partial charge in [-0.1, -0.05) is 18.2 Å². The predicted octanol–water partition coefficient (Wildman–Crippen LogP) is 7.63. The number of piperazine rings is 1. The van der Waals surface area contributed by atoms with E-state index in [1.54, 1.807) is 0 Å². The van der Waals surface area contributed by atoms with E-state index in [1.165, 1.54) is 0 Å². The maximum absolute atomic E-state index is 17.1. The summed E-state index contributed by atoms with van der Waals surface area (Å²) in [6, 6.07) is 0.465. The summed E-state index contributed by atoms with van der Waals surface area (Å²) in [5.74, 6) is -2.51. The van der Waals surface area contributed by atoms with Gasteiger partial charge in [0.1, 0.15) is 17.9 Å². The zero-order chi connectivity index (χ0) is 34.7. The fraction of sp³-hybridized carbons (Fsp3) is 0.471. The lowest BCUT2D eigenvalue weighted by molar-refractivity contribution is -0.137. The van der Waals surface area contributed by atoms with Gasteiger partial charge in [0.25, 0.3) is 6.08 Å². The van der Waals surface area contributed by atoms with Crippen molar-refractivity contribution < 1.29 is 35.5 Å². The topological polar surface area (TPSA) is 79.5 Å². The predicted molar refractivity (Wildman–Crippen MR) is 172 cm³/mol. The normalized spacial score (nSPS) is 26.4. The number of benzene rings is 2. The van der Waals surface area contributed by atoms with Crippen molar-refractivity contribution in [3.63, 3.8) is 0 Å². The number of alkyl halides is 3. The molecule has 0 saturated carbocycles. The van der Waals surface area contributed by atoms with Crippen molar-refractivity contribution in [1.29, 1.82) is 0 Å². The Kier molecular flexibility index (Phi) is 7.44. The average molecular weight is 709 g/mol. The molecule has 0 unspecified atom stereocenters. The number of halogens is 8. The van der Waals surface area contributed by atoms with Crippen LogP contribution in [0.25, 0.3) is 27.6 Å². The summed E-state index contributed by atoms with van der Waals surface area (Å²) in [5, 5.41) is 3.27. The molecule has 6 heterocycles. The minimum Gasteiger partial charge on any atom is -0.461 e. The quantitative estimate of drug-likeness (QED) is 0.213. The minimum atomic E-state index is -5.10. The summed E-state index contributed by atoms with van der Waals surface area (Å²) in [4.78, 5) is 13.1. The SMILES string of the molecule is C=C1C[C@@H]2[C@@H]3CC[C@H](CN2c2nc(OC[C@@]45CCCN4CC(=C(F)F)C5)nc4c(F)c(-c5c(F)c(N)cc(C)c5C(F)(F)F)c(Cl)c1c24)N3. The van der Waals surface area contributed by atoms with Crippen LogP contribution in [0.3, 0.4) is 0 Å². The molecule has 15 heteroatoms. The number of nitrogens with zero attached hydrogens (tertiary/aromatic N) is 4. The first-order valence-corrected chi connectivity index (χ1v) is 16.6. The average Bonchev–Trinajstić information content (AvgIpc) is 3.69. The fourth-order valence-electron chi connectivity index (χ4n) is 8.91. The molecule has 4 atom stereocenters. The highest BCUT2D eigenvalue weighted by Gasteiger charge is 2.49. The number of hydrogen-bond acceptors (Lipinski definition) is 7. The summed E-state index contributed by atoms with van der Waals surface area (Å²) >= 11 is 6.89. The van der Waals surface area contributed by atoms with Crippen molar-refractivity contribution in [3.05, 3.63) is 57.6 Å². The van der Waals surface area contributed by atoms with Crippen LogP contribution in [0.4, 0.5) is 42.2 Å². The summed E-state index contributed by atoms with van der Waals surface area (Å²) < 4.78 is 110. The molecule has 7 nitrogen and oxygen atoms in total. The Morgan fingerprint density at radius 1 is 1.16 bits per heavy atom. The first kappa shape index (κ1) is 32.6. The van der Waals surface area contributed by atoms with E-state index >= 15 is 8.78 Å². The molecule has 0 spiro atoms. The molecular formula is C34H32ClF7N6O. The highest BCUT2D eigenvalue weighted by atomic mass is 35.5. The first-order valence-electron chi connectivity index (χ1n) is 16.2. The maximum atomic E-state index is 17.1. The Morgan fingerprint density at radius 3 is 2.67 bits per heavy atom. The third-order valence-corrected chi connectivity index (χ3v) is 11.4. The fourth-order valence-corrected chi connectivity index (χ4v) is 9.32. The molecular weight excluding hydrogens is 677 g/mol. The van der Waals surface area contributed by atoms with Crippen LogP contribution in [-0.4, -0.2) is 64.8 Å². The van der Waals surface area contributed by atoms with Gasteiger partial charge in [-0.25, -0.2) is 8.78 Å². The summed E-state index contributed by atoms with van der Waals surface area (Å²) in [7, 11) is 0. The van der Waals surface area contributed by atoms with E-state index in [0.717, 1.165) is 32.3 Å². The molecule has 4 fully saturated rings. The van der Waals surface area contributed by atoms with E-state index in [-0.39, 0.29) is 66.0 Å². The number of rotatable bonds is 4. The second-order valence-corrected chi connectivity index (χ2v) is 14.3. The third kappa shape index (κ3) is 4.91. The van der Waals surface area contributed by atoms with Crippen LogP contribution in [0.2, 0.25) is 5.02 Å². The van der Waals surface area contributed by atoms with Gasteiger partial charge in [0.2, 0.25) is 0 Å². The third-order valence-electron chi connectivity index (χ3n) is 11.0. The molecule has 8 rings (SSSR count). The Labute approximate surface area is 281 Å². The van der Waals surface area contributed by atoms with Crippen molar-refractivity contribution in [1.82, 2.24) is 20.2 Å². The van der Waals surface area contributed by atoms with Crippen molar-refractivity contribution in [3.8, 4) is 17.1 Å². The summed E-state index contributed by atoms with van der Waals surface area (Å²) in [6.45, 7) is 6.47. The van der Waals surface area contributed by atoms with Gasteiger partial charge in [0, 0.05) is 53.5 Å². The molecule has 5 aliphatic rings. The van der Waals surface area contributed by atoms with Crippen LogP contribution in [0.15, 0.2) is 24.3 Å². The van der Waals surface area contributed by atoms with Gasteiger partial charge in [-0.3, -0.25) is 4.90 Å². The number of ether oxygens (including phenoxy) is 1. The first-order chi connectivity index (χ1) is 23.2. The van der Waals surface area contributed by atoms with Gasteiger partial charge in [0.15, 0.2) is 11.6 Å². The standard InChI is InChI=1S/C34H32ClF7N6O/c1-14-9-20-19-5-4-17(44-19)12-48(20)31-24-21(14)26(35)23(22-25(34(40,41)42)15(2)8-18(43)27(22)36)28(37)29(24)45-32(46-31)49-13-33-6-3-7-47(33)11-16(10-33)30(38)39/h8,17,19-20,44H,1,3-7,9-13,43H2,2H3/t17-,19+,20-,33+/m1/s1. The number of aryl methyl sites for hydroxylation is 1. The Balaban J connectivity index is 1.36. The van der Waals surface area contributed by atoms with E-state index in [9.17, 15) is 22.0 Å². The molecule has 1 aromatic heterocycles. The second kappa shape index (κ2) is 11.2. The maximum Gasteiger partial charge on any atom is 0.417 e. The Morgan fingerprint density at radius 2 is 1.94 bits per heavy atom. The van der Waals surface area contributed by atoms with Crippen LogP contribution >= 0.6 is 11.6 Å². The molecule has 2 aromatic carbocycles. The number of nitrogen functional groups attached to an aromatic ring is 1. The van der Waals surface area contributed by atoms with Crippen LogP contribution in [0, 0.1) is 18.6 Å². The molecule has 5 aliphatic heterocycles. The monoisotopic (exact) mass is 708 g/mol. The van der Waals surface area contributed by atoms with Gasteiger partial charge in [-0.05, 0) is 69.2 Å². The van der Waals surface area contributed by atoms with Gasteiger partial charge in [-0.15, -0.1) is 0 Å². The van der Waals surface area contributed by atoms with Crippen molar-refractivity contribution in [2.75, 3.05) is 36.9 Å². The lowest BCUT2D eigenvalue weighted by Gasteiger charge is -2.41. The van der Waals surface area contributed by atoms with Gasteiger partial charge in [0.05, 0.1) is 27.2 Å². The number of fused-ring (bicyclic) bond motifs is 6. The van der Waals surface area contributed by atoms with Crippen molar-refractivity contribution in [2.45, 2.75) is 75.3 Å². The number of hydrogen-bond donors (Lipinski definition) is 2. The number of nitrogens with two attached hydrogens (primary N) is 1. The van der Waals surface area contributed by atoms with E-state index < -0.39 is 67.9 Å². The van der Waals surface area contributed by atoms with Crippen LogP contribution in [0.1, 0.15) is 55.2 Å². The molecule has 260 valence electrons. The number of aromatic nitrogens is 2. The largest absolute Gasteiger partial charge is 0.461 e. The van der Waals surface area contributed by atoms with E-state index in [1.807, 2.05) is 9.80 Å². The lowest BCUT2D eigenvalue weighted by atomic mass is 9.88. The van der Waals surface area contributed by atoms with Gasteiger partial charge < -0.3 is 20.7 Å². The highest BCUT2D eigenvalue weighted by molar-refractivity contribution is 6.37. The zero-order valence-corrected chi connectivity index (χ0v) is 27.1. The molecule has 49 heavy (non-hydrogen) atoms. The van der Waals surface area contributed by atoms with Crippen molar-refractivity contribution >= 4 is 39.6 Å². The summed E-state index contributed by atoms with van der Waals surface area (Å²) in [6.07, 6.45) is -3.32. The summed E-state index contributed by atoms with van der Waals surface area (Å²) in [5.41, 5.74) is 0.805. The Bertz CT molecular complexity index is 1980. The van der Waals surface area contributed by atoms with E-state index in [4.69, 9.17) is 27.1 Å². The Hall–Kier alpha value is -3.62. The smallest absolute Gasteiger partial charge is 0.417 e. The van der Waals surface area contributed by atoms with Crippen LogP contribution in [-0.2, 0) is 6.18 Å². The van der Waals surface area contributed by atoms with Crippen LogP contribution < -0.4 is 20.7 Å². The van der Waals surface area contributed by atoms with E-state index in [0.29, 0.717) is 31.5 Å². The van der Waals surface area contributed by atoms with E-state index in [2.05, 4.69) is 16.9 Å². The number of anilines is 2. The molecule has 0 aliphatic carbocycles. The minimum absolute atomic E-state index is 0.0124. The zero-order valence-electron chi connectivity index (χ0n) is 26.4. The molecule has 2 bridgehead atoms. The molecule has 0 amide bonds. The number of nitrogens with one attached hydrogen (secondary N) is 1. The lowest BCUT2D eigenvalue weighted by Crippen LogP contribution is -2.58. The van der Waals surface area contributed by atoms with Crippen LogP contribution in [0.5, 0.6) is 6.01 Å². The highest BCUT2D eigenvalue weighted by Crippen LogP contribution is 2.53. The molecule has 3 N–H and O–H groups in total. The molecule has 4 saturated heterocycles. The second-order valence-electron chi connectivity index (χ2n) is 13.9. The molecule has 0 radical (unpaired) electrons. The van der Waals surface area contributed by atoms with Gasteiger partial charge in [-0.2, -0.15) is 31.9 Å². The van der Waals surface area contributed by atoms with Crippen molar-refractivity contribution in [2.24, 2.45) is 0 Å². The van der Waals surface area contributed by atoms with Gasteiger partial charge >= 0.3 is 12.2 Å².